The molecule has 1 aliphatic rings. The van der Waals surface area contributed by atoms with Crippen molar-refractivity contribution in [2.75, 3.05) is 6.61 Å². The quantitative estimate of drug-likeness (QED) is 0.330. The molecule has 0 radical (unpaired) electrons. The Morgan fingerprint density at radius 1 is 1.05 bits per heavy atom. The van der Waals surface area contributed by atoms with Crippen LogP contribution in [-0.4, -0.2) is 21.7 Å². The van der Waals surface area contributed by atoms with Crippen LogP contribution in [0.4, 0.5) is 0 Å². The fourth-order valence-corrected chi connectivity index (χ4v) is 6.32. The highest BCUT2D eigenvalue weighted by atomic mass is 32.1. The van der Waals surface area contributed by atoms with E-state index in [1.807, 2.05) is 44.2 Å². The lowest BCUT2D eigenvalue weighted by molar-refractivity contribution is -0.139. The smallest absolute Gasteiger partial charge is 0.338 e. The Kier molecular flexibility index (Phi) is 7.03. The first-order valence-electron chi connectivity index (χ1n) is 13.1. The predicted octanol–water partition coefficient (Wildman–Crippen LogP) is 5.13. The van der Waals surface area contributed by atoms with Gasteiger partial charge in [-0.15, -0.1) is 0 Å². The maximum absolute atomic E-state index is 14.0. The summed E-state index contributed by atoms with van der Waals surface area (Å²) in [6, 6.07) is 15.7. The summed E-state index contributed by atoms with van der Waals surface area (Å²) in [5.41, 5.74) is 9.48. The van der Waals surface area contributed by atoms with Gasteiger partial charge in [0.05, 0.1) is 28.5 Å². The number of esters is 1. The van der Waals surface area contributed by atoms with Gasteiger partial charge >= 0.3 is 5.97 Å². The van der Waals surface area contributed by atoms with Crippen LogP contribution < -0.4 is 14.9 Å². The van der Waals surface area contributed by atoms with Crippen LogP contribution in [0.25, 0.3) is 11.8 Å². The van der Waals surface area contributed by atoms with Gasteiger partial charge in [0.1, 0.15) is 0 Å². The van der Waals surface area contributed by atoms with E-state index in [-0.39, 0.29) is 12.2 Å². The van der Waals surface area contributed by atoms with Crippen LogP contribution in [-0.2, 0) is 9.53 Å². The van der Waals surface area contributed by atoms with E-state index in [9.17, 15) is 9.59 Å². The number of ether oxygens (including phenoxy) is 1. The second-order valence-corrected chi connectivity index (χ2v) is 11.1. The predicted molar refractivity (Wildman–Crippen MR) is 156 cm³/mol. The molecule has 0 aliphatic carbocycles. The fraction of sp³-hybridized carbons (Fsp3) is 0.281. The number of aromatic nitrogens is 2. The number of nitrogens with zero attached hydrogens (tertiary/aromatic N) is 3. The van der Waals surface area contributed by atoms with Crippen LogP contribution >= 0.6 is 11.3 Å². The first-order valence-corrected chi connectivity index (χ1v) is 14.0. The molecule has 1 aliphatic heterocycles. The van der Waals surface area contributed by atoms with Crippen molar-refractivity contribution in [3.05, 3.63) is 119 Å². The molecule has 0 fully saturated rings. The molecule has 0 bridgehead atoms. The lowest BCUT2D eigenvalue weighted by Gasteiger charge is -2.24. The average molecular weight is 540 g/mol. The minimum absolute atomic E-state index is 0.171. The minimum atomic E-state index is -0.606. The Bertz CT molecular complexity index is 1820. The molecule has 0 N–H and O–H groups in total. The molecular weight excluding hydrogens is 506 g/mol. The highest BCUT2D eigenvalue weighted by Crippen LogP contribution is 2.31. The second kappa shape index (κ2) is 10.3. The molecule has 3 heterocycles. The lowest BCUT2D eigenvalue weighted by Crippen LogP contribution is -2.39. The normalized spacial score (nSPS) is 15.4. The van der Waals surface area contributed by atoms with Crippen LogP contribution in [0.2, 0.25) is 0 Å². The van der Waals surface area contributed by atoms with E-state index in [1.165, 1.54) is 22.5 Å². The number of rotatable bonds is 5. The number of hydrogen-bond acceptors (Lipinski definition) is 5. The summed E-state index contributed by atoms with van der Waals surface area (Å²) in [4.78, 5) is 32.3. The molecule has 39 heavy (non-hydrogen) atoms. The first-order chi connectivity index (χ1) is 18.6. The molecule has 6 nitrogen and oxygen atoms in total. The molecule has 0 saturated heterocycles. The third-order valence-corrected chi connectivity index (χ3v) is 8.47. The summed E-state index contributed by atoms with van der Waals surface area (Å²) in [6.07, 6.45) is 1.95. The highest BCUT2D eigenvalue weighted by Gasteiger charge is 2.33. The third-order valence-electron chi connectivity index (χ3n) is 7.48. The summed E-state index contributed by atoms with van der Waals surface area (Å²) in [5, 5.41) is 0. The molecule has 0 unspecified atom stereocenters. The van der Waals surface area contributed by atoms with Gasteiger partial charge in [0, 0.05) is 17.1 Å². The van der Waals surface area contributed by atoms with Gasteiger partial charge in [-0.2, -0.15) is 0 Å². The van der Waals surface area contributed by atoms with Crippen LogP contribution in [0, 0.1) is 34.6 Å². The van der Waals surface area contributed by atoms with Gasteiger partial charge in [-0.25, -0.2) is 9.79 Å². The van der Waals surface area contributed by atoms with Crippen molar-refractivity contribution in [3.63, 3.8) is 0 Å². The van der Waals surface area contributed by atoms with Gasteiger partial charge in [0.15, 0.2) is 4.80 Å². The van der Waals surface area contributed by atoms with E-state index in [0.29, 0.717) is 20.6 Å². The maximum Gasteiger partial charge on any atom is 0.338 e. The summed E-state index contributed by atoms with van der Waals surface area (Å²) < 4.78 is 9.85. The molecule has 2 aromatic carbocycles. The van der Waals surface area contributed by atoms with Crippen LogP contribution in [0.3, 0.4) is 0 Å². The van der Waals surface area contributed by atoms with Gasteiger partial charge < -0.3 is 9.30 Å². The standard InChI is InChI=1S/C32H33N3O3S/c1-8-38-31(37)28-22(6)33-32-35(29(28)24-14-12-18(2)13-15-24)30(36)27(39-32)17-25-16-20(4)34(23(25)7)26-11-9-10-19(3)21(26)5/h9-17,29H,8H2,1-7H3/b27-17+/t29-/m0/s1. The van der Waals surface area contributed by atoms with Crippen molar-refractivity contribution < 1.29 is 9.53 Å². The summed E-state index contributed by atoms with van der Waals surface area (Å²) in [5.74, 6) is -0.448. The van der Waals surface area contributed by atoms with Gasteiger partial charge in [0.2, 0.25) is 0 Å². The van der Waals surface area contributed by atoms with E-state index < -0.39 is 12.0 Å². The third kappa shape index (κ3) is 4.61. The number of carbonyl (C=O) groups is 1. The molecule has 7 heteroatoms. The summed E-state index contributed by atoms with van der Waals surface area (Å²) in [7, 11) is 0. The van der Waals surface area contributed by atoms with Crippen molar-refractivity contribution in [2.45, 2.75) is 54.5 Å². The SMILES string of the molecule is CCOC(=O)C1=C(C)N=c2s/c(=C/c3cc(C)n(-c4cccc(C)c4C)c3C)c(=O)n2[C@H]1c1ccc(C)cc1. The molecule has 0 saturated carbocycles. The van der Waals surface area contributed by atoms with Gasteiger partial charge in [-0.1, -0.05) is 53.3 Å². The molecular formula is C32H33N3O3S. The number of fused-ring (bicyclic) bond motifs is 1. The maximum atomic E-state index is 14.0. The monoisotopic (exact) mass is 539 g/mol. The van der Waals surface area contributed by atoms with Crippen molar-refractivity contribution in [3.8, 4) is 5.69 Å². The zero-order valence-electron chi connectivity index (χ0n) is 23.5. The van der Waals surface area contributed by atoms with Crippen molar-refractivity contribution in [2.24, 2.45) is 4.99 Å². The summed E-state index contributed by atoms with van der Waals surface area (Å²) in [6.45, 7) is 14.3. The molecule has 5 rings (SSSR count). The first kappa shape index (κ1) is 26.6. The Morgan fingerprint density at radius 2 is 1.77 bits per heavy atom. The van der Waals surface area contributed by atoms with Gasteiger partial charge in [-0.05, 0) is 88.9 Å². The number of aryl methyl sites for hydroxylation is 3. The average Bonchev–Trinajstić information content (AvgIpc) is 3.35. The van der Waals surface area contributed by atoms with Crippen LogP contribution in [0.1, 0.15) is 59.1 Å². The zero-order valence-corrected chi connectivity index (χ0v) is 24.3. The van der Waals surface area contributed by atoms with Crippen LogP contribution in [0.15, 0.2) is 69.6 Å². The van der Waals surface area contributed by atoms with Crippen LogP contribution in [0.5, 0.6) is 0 Å². The van der Waals surface area contributed by atoms with Gasteiger partial charge in [0.25, 0.3) is 5.56 Å². The molecule has 200 valence electrons. The number of allylic oxidation sites excluding steroid dienone is 1. The summed E-state index contributed by atoms with van der Waals surface area (Å²) >= 11 is 1.35. The molecule has 2 aromatic heterocycles. The zero-order chi connectivity index (χ0) is 28.0. The van der Waals surface area contributed by atoms with Crippen molar-refractivity contribution in [1.82, 2.24) is 9.13 Å². The van der Waals surface area contributed by atoms with E-state index in [0.717, 1.165) is 33.8 Å². The molecule has 0 spiro atoms. The number of hydrogen-bond donors (Lipinski definition) is 0. The second-order valence-electron chi connectivity index (χ2n) is 10.1. The molecule has 1 atom stereocenters. The van der Waals surface area contributed by atoms with E-state index in [1.54, 1.807) is 11.5 Å². The highest BCUT2D eigenvalue weighted by molar-refractivity contribution is 7.07. The van der Waals surface area contributed by atoms with E-state index in [4.69, 9.17) is 9.73 Å². The number of thiazole rings is 1. The Hall–Kier alpha value is -3.97. The van der Waals surface area contributed by atoms with E-state index >= 15 is 0 Å². The Balaban J connectivity index is 1.70. The number of carbonyl (C=O) groups excluding carboxylic acids is 1. The Labute approximate surface area is 232 Å². The molecule has 4 aromatic rings. The largest absolute Gasteiger partial charge is 0.463 e. The topological polar surface area (TPSA) is 65.6 Å². The van der Waals surface area contributed by atoms with E-state index in [2.05, 4.69) is 56.5 Å². The fourth-order valence-electron chi connectivity index (χ4n) is 5.28. The molecule has 0 amide bonds. The number of benzene rings is 2. The van der Waals surface area contributed by atoms with Crippen molar-refractivity contribution >= 4 is 23.4 Å². The van der Waals surface area contributed by atoms with Crippen molar-refractivity contribution in [1.29, 1.82) is 0 Å². The van der Waals surface area contributed by atoms with Gasteiger partial charge in [-0.3, -0.25) is 9.36 Å². The lowest BCUT2D eigenvalue weighted by atomic mass is 9.95. The Morgan fingerprint density at radius 3 is 2.46 bits per heavy atom. The minimum Gasteiger partial charge on any atom is -0.463 e.